The van der Waals surface area contributed by atoms with Crippen molar-refractivity contribution in [3.05, 3.63) is 22.8 Å². The summed E-state index contributed by atoms with van der Waals surface area (Å²) < 4.78 is 37.1. The highest BCUT2D eigenvalue weighted by Crippen LogP contribution is 2.37. The van der Waals surface area contributed by atoms with Crippen LogP contribution in [0.15, 0.2) is 22.3 Å². The average Bonchev–Trinajstić information content (AvgIpc) is 3.16. The van der Waals surface area contributed by atoms with Crippen molar-refractivity contribution < 1.29 is 42.3 Å². The Kier molecular flexibility index (Phi) is 6.49. The predicted molar refractivity (Wildman–Crippen MR) is 101 cm³/mol. The van der Waals surface area contributed by atoms with Crippen molar-refractivity contribution in [2.45, 2.75) is 17.6 Å². The molecule has 1 aromatic heterocycles. The molecule has 31 heavy (non-hydrogen) atoms. The number of thiazole rings is 1. The van der Waals surface area contributed by atoms with Gasteiger partial charge in [-0.2, -0.15) is 13.2 Å². The lowest BCUT2D eigenvalue weighted by Gasteiger charge is -2.48. The summed E-state index contributed by atoms with van der Waals surface area (Å²) in [5, 5.41) is 17.5. The SMILES string of the molecule is O=CNc1nc(C(=NOCC(F)(F)F)C(=O)NC2C(=O)N3C(C(=O)O)=CCS[C@@H]23)cs1. The van der Waals surface area contributed by atoms with Gasteiger partial charge in [-0.1, -0.05) is 5.16 Å². The Balaban J connectivity index is 1.78. The molecule has 2 aliphatic rings. The van der Waals surface area contributed by atoms with Gasteiger partial charge >= 0.3 is 12.1 Å². The van der Waals surface area contributed by atoms with Crippen molar-refractivity contribution in [3.8, 4) is 0 Å². The molecule has 1 fully saturated rings. The third-order valence-electron chi connectivity index (χ3n) is 3.88. The van der Waals surface area contributed by atoms with E-state index in [-0.39, 0.29) is 22.3 Å². The van der Waals surface area contributed by atoms with Gasteiger partial charge in [0.2, 0.25) is 13.0 Å². The first-order valence-corrected chi connectivity index (χ1v) is 10.2. The number of aromatic nitrogens is 1. The Morgan fingerprint density at radius 3 is 2.84 bits per heavy atom. The average molecular weight is 479 g/mol. The van der Waals surface area contributed by atoms with E-state index in [4.69, 9.17) is 5.11 Å². The Hall–Kier alpha value is -3.14. The number of amides is 3. The first kappa shape index (κ1) is 22.5. The molecule has 0 aromatic carbocycles. The number of carboxylic acid groups (broad SMARTS) is 1. The number of alkyl halides is 3. The first-order chi connectivity index (χ1) is 14.6. The molecule has 16 heteroatoms. The van der Waals surface area contributed by atoms with Gasteiger partial charge in [-0.15, -0.1) is 23.1 Å². The van der Waals surface area contributed by atoms with Crippen molar-refractivity contribution in [1.29, 1.82) is 0 Å². The summed E-state index contributed by atoms with van der Waals surface area (Å²) in [4.78, 5) is 55.8. The summed E-state index contributed by atoms with van der Waals surface area (Å²) >= 11 is 2.07. The smallest absolute Gasteiger partial charge is 0.425 e. The van der Waals surface area contributed by atoms with E-state index in [1.807, 2.05) is 0 Å². The van der Waals surface area contributed by atoms with Gasteiger partial charge in [-0.3, -0.25) is 19.3 Å². The van der Waals surface area contributed by atoms with E-state index in [2.05, 4.69) is 25.6 Å². The van der Waals surface area contributed by atoms with E-state index in [1.165, 1.54) is 23.2 Å². The molecule has 0 radical (unpaired) electrons. The van der Waals surface area contributed by atoms with Crippen LogP contribution in [-0.4, -0.2) is 74.8 Å². The number of oxime groups is 1. The molecule has 166 valence electrons. The molecule has 0 bridgehead atoms. The molecule has 3 amide bonds. The fourth-order valence-corrected chi connectivity index (χ4v) is 4.47. The number of carbonyl (C=O) groups is 4. The summed E-state index contributed by atoms with van der Waals surface area (Å²) in [6.45, 7) is -1.77. The fraction of sp³-hybridized carbons (Fsp3) is 0.333. The number of thioether (sulfide) groups is 1. The number of rotatable bonds is 8. The minimum absolute atomic E-state index is 0.0475. The largest absolute Gasteiger partial charge is 0.477 e. The molecule has 3 heterocycles. The van der Waals surface area contributed by atoms with Crippen molar-refractivity contribution in [1.82, 2.24) is 15.2 Å². The van der Waals surface area contributed by atoms with Crippen LogP contribution in [0.3, 0.4) is 0 Å². The summed E-state index contributed by atoms with van der Waals surface area (Å²) in [5.41, 5.74) is -1.06. The second-order valence-corrected chi connectivity index (χ2v) is 7.91. The highest BCUT2D eigenvalue weighted by atomic mass is 32.2. The topological polar surface area (TPSA) is 150 Å². The number of β-lactam (4-membered cyclic amide) rings is 1. The second kappa shape index (κ2) is 8.93. The Morgan fingerprint density at radius 1 is 1.45 bits per heavy atom. The van der Waals surface area contributed by atoms with E-state index in [0.717, 1.165) is 16.2 Å². The normalized spacial score (nSPS) is 20.9. The first-order valence-electron chi connectivity index (χ1n) is 8.24. The van der Waals surface area contributed by atoms with Crippen LogP contribution in [0.5, 0.6) is 0 Å². The molecule has 3 rings (SSSR count). The lowest BCUT2D eigenvalue weighted by Crippen LogP contribution is -2.70. The van der Waals surface area contributed by atoms with E-state index < -0.39 is 47.7 Å². The molecular weight excluding hydrogens is 467 g/mol. The number of carbonyl (C=O) groups excluding carboxylic acids is 3. The zero-order valence-corrected chi connectivity index (χ0v) is 16.7. The molecule has 1 saturated heterocycles. The number of fused-ring (bicyclic) bond motifs is 1. The van der Waals surface area contributed by atoms with Crippen molar-refractivity contribution >= 4 is 58.1 Å². The molecule has 1 aromatic rings. The summed E-state index contributed by atoms with van der Waals surface area (Å²) in [6.07, 6.45) is -3.04. The standard InChI is InChI=1S/C15H12F3N5O6S2/c16-15(17,18)4-29-22-8(6-3-31-14(20-6)19-5-24)10(25)21-9-11(26)23-7(13(27)28)1-2-30-12(9)23/h1,3,5,9,12H,2,4H2,(H,21,25)(H,27,28)(H,19,20,24)/t9?,12-/m0/s1. The van der Waals surface area contributed by atoms with Gasteiger partial charge in [-0.05, 0) is 6.08 Å². The zero-order chi connectivity index (χ0) is 22.8. The van der Waals surface area contributed by atoms with Gasteiger partial charge in [0.05, 0.1) is 0 Å². The number of anilines is 1. The van der Waals surface area contributed by atoms with Crippen LogP contribution >= 0.6 is 23.1 Å². The summed E-state index contributed by atoms with van der Waals surface area (Å²) in [5.74, 6) is -2.78. The molecule has 0 saturated carbocycles. The summed E-state index contributed by atoms with van der Waals surface area (Å²) in [7, 11) is 0. The Morgan fingerprint density at radius 2 is 2.19 bits per heavy atom. The number of carboxylic acids is 1. The van der Waals surface area contributed by atoms with Crippen LogP contribution in [-0.2, 0) is 24.0 Å². The monoisotopic (exact) mass is 479 g/mol. The maximum Gasteiger partial charge on any atom is 0.425 e. The number of halogens is 3. The second-order valence-electron chi connectivity index (χ2n) is 5.91. The third kappa shape index (κ3) is 4.96. The Bertz CT molecular complexity index is 979. The van der Waals surface area contributed by atoms with Crippen molar-refractivity contribution in [2.75, 3.05) is 17.7 Å². The van der Waals surface area contributed by atoms with Crippen LogP contribution in [0.1, 0.15) is 5.69 Å². The molecule has 3 N–H and O–H groups in total. The number of nitrogens with zero attached hydrogens (tertiary/aromatic N) is 3. The number of aliphatic carboxylic acids is 1. The molecule has 1 unspecified atom stereocenters. The third-order valence-corrected chi connectivity index (χ3v) is 5.84. The maximum atomic E-state index is 12.7. The van der Waals surface area contributed by atoms with Gasteiger partial charge in [0.25, 0.3) is 11.8 Å². The maximum absolute atomic E-state index is 12.7. The van der Waals surface area contributed by atoms with Gasteiger partial charge in [0.1, 0.15) is 22.8 Å². The van der Waals surface area contributed by atoms with E-state index in [0.29, 0.717) is 6.41 Å². The minimum Gasteiger partial charge on any atom is -0.477 e. The van der Waals surface area contributed by atoms with Gasteiger partial charge < -0.3 is 20.6 Å². The number of nitrogens with one attached hydrogen (secondary N) is 2. The predicted octanol–water partition coefficient (Wildman–Crippen LogP) is 0.363. The zero-order valence-electron chi connectivity index (χ0n) is 15.1. The van der Waals surface area contributed by atoms with E-state index in [1.54, 1.807) is 0 Å². The molecule has 2 atom stereocenters. The quantitative estimate of drug-likeness (QED) is 0.209. The lowest BCUT2D eigenvalue weighted by molar-refractivity contribution is -0.174. The highest BCUT2D eigenvalue weighted by molar-refractivity contribution is 8.00. The van der Waals surface area contributed by atoms with Gasteiger partial charge in [-0.25, -0.2) is 9.78 Å². The van der Waals surface area contributed by atoms with Crippen LogP contribution in [0.4, 0.5) is 18.3 Å². The van der Waals surface area contributed by atoms with E-state index in [9.17, 15) is 32.3 Å². The lowest BCUT2D eigenvalue weighted by atomic mass is 10.0. The highest BCUT2D eigenvalue weighted by Gasteiger charge is 2.53. The van der Waals surface area contributed by atoms with Crippen LogP contribution in [0.2, 0.25) is 0 Å². The summed E-state index contributed by atoms with van der Waals surface area (Å²) in [6, 6.07) is -1.13. The molecule has 11 nitrogen and oxygen atoms in total. The number of hydrogen-bond donors (Lipinski definition) is 3. The molecule has 0 spiro atoms. The van der Waals surface area contributed by atoms with Gasteiger partial charge in [0.15, 0.2) is 10.8 Å². The Labute approximate surface area is 179 Å². The molecular formula is C15H12F3N5O6S2. The molecule has 0 aliphatic carbocycles. The van der Waals surface area contributed by atoms with Gasteiger partial charge in [0, 0.05) is 11.1 Å². The van der Waals surface area contributed by atoms with Crippen molar-refractivity contribution in [2.24, 2.45) is 5.16 Å². The van der Waals surface area contributed by atoms with E-state index >= 15 is 0 Å². The molecule has 2 aliphatic heterocycles. The van der Waals surface area contributed by atoms with Crippen LogP contribution < -0.4 is 10.6 Å². The van der Waals surface area contributed by atoms with Crippen LogP contribution in [0.25, 0.3) is 0 Å². The minimum atomic E-state index is -4.71. The van der Waals surface area contributed by atoms with Crippen LogP contribution in [0, 0.1) is 0 Å². The fourth-order valence-electron chi connectivity index (χ4n) is 2.62. The van der Waals surface area contributed by atoms with Crippen molar-refractivity contribution in [3.63, 3.8) is 0 Å². The number of hydrogen-bond acceptors (Lipinski definition) is 9.